The van der Waals surface area contributed by atoms with Crippen LogP contribution in [-0.2, 0) is 9.59 Å². The number of hydrogen-bond donors (Lipinski definition) is 1. The summed E-state index contributed by atoms with van der Waals surface area (Å²) >= 11 is 0. The fraction of sp³-hybridized carbons (Fsp3) is 0.667. The number of Topliss-reactive ketones (excluding diaryl/α,β-unsaturated/α-hetero) is 1. The smallest absolute Gasteiger partial charge is 0.309 e. The Morgan fingerprint density at radius 2 is 1.82 bits per heavy atom. The van der Waals surface area contributed by atoms with Crippen LogP contribution < -0.4 is 0 Å². The second-order valence-corrected chi connectivity index (χ2v) is 2.31. The normalized spacial score (nSPS) is 11.2. The first-order valence-corrected chi connectivity index (χ1v) is 2.92. The Labute approximate surface area is 62.0 Å². The van der Waals surface area contributed by atoms with E-state index in [2.05, 4.69) is 0 Å². The largest absolute Gasteiger partial charge is 0.481 e. The number of ketones is 1. The predicted molar refractivity (Wildman–Crippen MR) is 32.5 cm³/mol. The molecule has 0 amide bonds. The molecule has 0 heterocycles. The number of aliphatic carboxylic acids is 1. The summed E-state index contributed by atoms with van der Waals surface area (Å²) in [4.78, 5) is 20.0. The SMILES string of the molecule is CC(=O)CC(F)(F)CC(=O)O. The van der Waals surface area contributed by atoms with Crippen LogP contribution >= 0.6 is 0 Å². The Morgan fingerprint density at radius 3 is 2.09 bits per heavy atom. The Morgan fingerprint density at radius 1 is 1.36 bits per heavy atom. The summed E-state index contributed by atoms with van der Waals surface area (Å²) in [6.07, 6.45) is -2.29. The lowest BCUT2D eigenvalue weighted by molar-refractivity contribution is -0.146. The highest BCUT2D eigenvalue weighted by molar-refractivity contribution is 5.77. The second-order valence-electron chi connectivity index (χ2n) is 2.31. The van der Waals surface area contributed by atoms with Crippen molar-refractivity contribution in [3.8, 4) is 0 Å². The summed E-state index contributed by atoms with van der Waals surface area (Å²) in [6, 6.07) is 0. The topological polar surface area (TPSA) is 54.4 Å². The molecule has 0 rings (SSSR count). The number of hydrogen-bond acceptors (Lipinski definition) is 2. The molecular weight excluding hydrogens is 158 g/mol. The molecule has 0 fully saturated rings. The Bertz CT molecular complexity index is 159. The fourth-order valence-corrected chi connectivity index (χ4v) is 0.648. The number of carbonyl (C=O) groups is 2. The van der Waals surface area contributed by atoms with Crippen molar-refractivity contribution in [1.29, 1.82) is 0 Å². The minimum atomic E-state index is -3.41. The number of rotatable bonds is 4. The number of carbonyl (C=O) groups excluding carboxylic acids is 1. The zero-order valence-electron chi connectivity index (χ0n) is 5.93. The number of halogens is 2. The molecule has 0 aromatic rings. The maximum absolute atomic E-state index is 12.3. The highest BCUT2D eigenvalue weighted by Crippen LogP contribution is 2.22. The fourth-order valence-electron chi connectivity index (χ4n) is 0.648. The lowest BCUT2D eigenvalue weighted by Crippen LogP contribution is -2.23. The molecule has 0 radical (unpaired) electrons. The third-order valence-corrected chi connectivity index (χ3v) is 0.917. The van der Waals surface area contributed by atoms with Crippen LogP contribution in [0.1, 0.15) is 19.8 Å². The minimum Gasteiger partial charge on any atom is -0.481 e. The minimum absolute atomic E-state index is 0.712. The summed E-state index contributed by atoms with van der Waals surface area (Å²) in [7, 11) is 0. The van der Waals surface area contributed by atoms with E-state index in [1.54, 1.807) is 0 Å². The monoisotopic (exact) mass is 166 g/mol. The van der Waals surface area contributed by atoms with Gasteiger partial charge in [0.1, 0.15) is 12.2 Å². The quantitative estimate of drug-likeness (QED) is 0.679. The van der Waals surface area contributed by atoms with Gasteiger partial charge in [-0.05, 0) is 6.92 Å². The summed E-state index contributed by atoms with van der Waals surface area (Å²) < 4.78 is 24.6. The number of carboxylic acid groups (broad SMARTS) is 1. The summed E-state index contributed by atoms with van der Waals surface area (Å²) in [5.41, 5.74) is 0. The molecule has 0 saturated carbocycles. The molecule has 0 aromatic heterocycles. The van der Waals surface area contributed by atoms with Gasteiger partial charge in [0.15, 0.2) is 0 Å². The van der Waals surface area contributed by atoms with Gasteiger partial charge in [0.05, 0.1) is 6.42 Å². The molecule has 0 saturated heterocycles. The van der Waals surface area contributed by atoms with Gasteiger partial charge in [-0.15, -0.1) is 0 Å². The average molecular weight is 166 g/mol. The summed E-state index contributed by atoms with van der Waals surface area (Å²) in [5.74, 6) is -5.72. The van der Waals surface area contributed by atoms with Crippen LogP contribution in [0.3, 0.4) is 0 Å². The zero-order valence-corrected chi connectivity index (χ0v) is 5.93. The van der Waals surface area contributed by atoms with Crippen LogP contribution in [-0.4, -0.2) is 22.8 Å². The molecule has 0 aliphatic heterocycles. The van der Waals surface area contributed by atoms with Crippen LogP contribution in [0.4, 0.5) is 8.78 Å². The van der Waals surface area contributed by atoms with Crippen molar-refractivity contribution in [2.45, 2.75) is 25.7 Å². The molecule has 11 heavy (non-hydrogen) atoms. The van der Waals surface area contributed by atoms with Crippen LogP contribution in [0.15, 0.2) is 0 Å². The lowest BCUT2D eigenvalue weighted by Gasteiger charge is -2.10. The highest BCUT2D eigenvalue weighted by Gasteiger charge is 2.33. The van der Waals surface area contributed by atoms with E-state index in [0.717, 1.165) is 6.92 Å². The van der Waals surface area contributed by atoms with Gasteiger partial charge >= 0.3 is 5.97 Å². The van der Waals surface area contributed by atoms with Gasteiger partial charge in [0, 0.05) is 0 Å². The van der Waals surface area contributed by atoms with Gasteiger partial charge in [-0.3, -0.25) is 9.59 Å². The first kappa shape index (κ1) is 10.0. The van der Waals surface area contributed by atoms with Crippen LogP contribution in [0.2, 0.25) is 0 Å². The van der Waals surface area contributed by atoms with Crippen LogP contribution in [0.25, 0.3) is 0 Å². The van der Waals surface area contributed by atoms with Gasteiger partial charge in [-0.1, -0.05) is 0 Å². The third kappa shape index (κ3) is 5.44. The maximum atomic E-state index is 12.3. The van der Waals surface area contributed by atoms with Crippen molar-refractivity contribution in [1.82, 2.24) is 0 Å². The lowest BCUT2D eigenvalue weighted by atomic mass is 10.1. The predicted octanol–water partition coefficient (Wildman–Crippen LogP) is 1.08. The molecule has 64 valence electrons. The molecular formula is C6H8F2O3. The Balaban J connectivity index is 3.99. The van der Waals surface area contributed by atoms with E-state index in [0.29, 0.717) is 0 Å². The Hall–Kier alpha value is -1.00. The number of carboxylic acids is 1. The zero-order chi connectivity index (χ0) is 9.07. The van der Waals surface area contributed by atoms with Gasteiger partial charge < -0.3 is 5.11 Å². The van der Waals surface area contributed by atoms with Crippen molar-refractivity contribution < 1.29 is 23.5 Å². The molecule has 3 nitrogen and oxygen atoms in total. The molecule has 1 N–H and O–H groups in total. The average Bonchev–Trinajstić information content (AvgIpc) is 1.53. The van der Waals surface area contributed by atoms with Gasteiger partial charge in [-0.2, -0.15) is 0 Å². The van der Waals surface area contributed by atoms with Gasteiger partial charge in [0.25, 0.3) is 5.92 Å². The molecule has 5 heteroatoms. The Kier molecular flexibility index (Phi) is 3.10. The van der Waals surface area contributed by atoms with E-state index in [4.69, 9.17) is 5.11 Å². The van der Waals surface area contributed by atoms with Crippen LogP contribution in [0.5, 0.6) is 0 Å². The van der Waals surface area contributed by atoms with Crippen molar-refractivity contribution in [2.75, 3.05) is 0 Å². The second kappa shape index (κ2) is 3.41. The third-order valence-electron chi connectivity index (χ3n) is 0.917. The van der Waals surface area contributed by atoms with Crippen LogP contribution in [0, 0.1) is 0 Å². The first-order valence-electron chi connectivity index (χ1n) is 2.92. The van der Waals surface area contributed by atoms with E-state index in [1.165, 1.54) is 0 Å². The van der Waals surface area contributed by atoms with E-state index in [1.807, 2.05) is 0 Å². The molecule has 0 bridgehead atoms. The van der Waals surface area contributed by atoms with Gasteiger partial charge in [-0.25, -0.2) is 8.78 Å². The summed E-state index contributed by atoms with van der Waals surface area (Å²) in [6.45, 7) is 0.996. The molecule has 0 unspecified atom stereocenters. The molecule has 0 atom stereocenters. The number of alkyl halides is 2. The van der Waals surface area contributed by atoms with Crippen molar-refractivity contribution >= 4 is 11.8 Å². The highest BCUT2D eigenvalue weighted by atomic mass is 19.3. The van der Waals surface area contributed by atoms with E-state index in [9.17, 15) is 18.4 Å². The van der Waals surface area contributed by atoms with E-state index in [-0.39, 0.29) is 0 Å². The molecule has 0 aromatic carbocycles. The summed E-state index contributed by atoms with van der Waals surface area (Å²) in [5, 5.41) is 7.97. The molecule has 0 aliphatic carbocycles. The first-order chi connectivity index (χ1) is 4.83. The molecule has 0 spiro atoms. The van der Waals surface area contributed by atoms with E-state index < -0.39 is 30.5 Å². The standard InChI is InChI=1S/C6H8F2O3/c1-4(9)2-6(7,8)3-5(10)11/h2-3H2,1H3,(H,10,11). The molecule has 0 aliphatic rings. The van der Waals surface area contributed by atoms with Crippen molar-refractivity contribution in [3.63, 3.8) is 0 Å². The maximum Gasteiger partial charge on any atom is 0.309 e. The van der Waals surface area contributed by atoms with Crippen molar-refractivity contribution in [3.05, 3.63) is 0 Å². The van der Waals surface area contributed by atoms with Gasteiger partial charge in [0.2, 0.25) is 0 Å². The van der Waals surface area contributed by atoms with E-state index >= 15 is 0 Å². The van der Waals surface area contributed by atoms with Crippen molar-refractivity contribution in [2.24, 2.45) is 0 Å².